The monoisotopic (exact) mass is 346 g/mol. The smallest absolute Gasteiger partial charge is 0.115 e. The fraction of sp³-hybridized carbons (Fsp3) is 0.143. The molecular weight excluding hydrogens is 328 g/mol. The molecule has 4 aromatic rings. The van der Waals surface area contributed by atoms with Crippen molar-refractivity contribution in [3.63, 3.8) is 0 Å². The van der Waals surface area contributed by atoms with Gasteiger partial charge in [0.25, 0.3) is 0 Å². The van der Waals surface area contributed by atoms with Gasteiger partial charge in [0.1, 0.15) is 5.75 Å². The molecule has 0 spiro atoms. The summed E-state index contributed by atoms with van der Waals surface area (Å²) >= 11 is 1.82. The largest absolute Gasteiger partial charge is 0.508 e. The molecule has 124 valence electrons. The van der Waals surface area contributed by atoms with Crippen LogP contribution in [-0.4, -0.2) is 16.6 Å². The number of phenols is 1. The Morgan fingerprint density at radius 2 is 1.80 bits per heavy atom. The first-order chi connectivity index (χ1) is 12.3. The number of aromatic nitrogens is 1. The maximum Gasteiger partial charge on any atom is 0.115 e. The van der Waals surface area contributed by atoms with Crippen LogP contribution in [0.2, 0.25) is 0 Å². The summed E-state index contributed by atoms with van der Waals surface area (Å²) < 4.78 is 0. The lowest BCUT2D eigenvalue weighted by molar-refractivity contribution is 0.474. The molecule has 0 saturated carbocycles. The highest BCUT2D eigenvalue weighted by atomic mass is 32.1. The van der Waals surface area contributed by atoms with E-state index < -0.39 is 0 Å². The number of benzene rings is 2. The second-order valence-electron chi connectivity index (χ2n) is 6.50. The van der Waals surface area contributed by atoms with Gasteiger partial charge < -0.3 is 15.4 Å². The Labute approximate surface area is 150 Å². The first-order valence-electron chi connectivity index (χ1n) is 8.47. The highest BCUT2D eigenvalue weighted by molar-refractivity contribution is 7.10. The van der Waals surface area contributed by atoms with E-state index in [-0.39, 0.29) is 6.04 Å². The summed E-state index contributed by atoms with van der Waals surface area (Å²) in [4.78, 5) is 5.04. The van der Waals surface area contributed by atoms with Gasteiger partial charge in [0.05, 0.1) is 6.04 Å². The molecule has 4 heteroatoms. The lowest BCUT2D eigenvalue weighted by Gasteiger charge is -2.30. The molecule has 2 aromatic carbocycles. The minimum absolute atomic E-state index is 0.110. The summed E-state index contributed by atoms with van der Waals surface area (Å²) in [6, 6.07) is 20.5. The summed E-state index contributed by atoms with van der Waals surface area (Å²) in [5.74, 6) is 0.660. The number of hydrogen-bond donors (Lipinski definition) is 3. The van der Waals surface area contributed by atoms with Gasteiger partial charge in [0.2, 0.25) is 0 Å². The quantitative estimate of drug-likeness (QED) is 0.490. The van der Waals surface area contributed by atoms with Crippen LogP contribution in [0.1, 0.15) is 33.7 Å². The number of phenolic OH excluding ortho intramolecular Hbond substituents is 1. The molecule has 3 heterocycles. The number of nitrogens with one attached hydrogen (secondary N) is 2. The summed E-state index contributed by atoms with van der Waals surface area (Å²) in [6.07, 6.45) is 0. The Hall–Kier alpha value is -2.56. The lowest BCUT2D eigenvalue weighted by atomic mass is 9.86. The topological polar surface area (TPSA) is 48.0 Å². The van der Waals surface area contributed by atoms with Crippen molar-refractivity contribution in [3.05, 3.63) is 87.7 Å². The number of aromatic hydroxyl groups is 1. The zero-order chi connectivity index (χ0) is 16.8. The maximum absolute atomic E-state index is 9.60. The molecule has 3 nitrogen and oxygen atoms in total. The molecule has 2 aromatic heterocycles. The third-order valence-corrected chi connectivity index (χ3v) is 6.04. The van der Waals surface area contributed by atoms with Crippen molar-refractivity contribution in [2.75, 3.05) is 6.54 Å². The van der Waals surface area contributed by atoms with Crippen LogP contribution in [0.4, 0.5) is 0 Å². The highest BCUT2D eigenvalue weighted by Crippen LogP contribution is 2.42. The number of H-pyrrole nitrogens is 1. The third-order valence-electron chi connectivity index (χ3n) is 5.05. The van der Waals surface area contributed by atoms with Crippen LogP contribution in [0, 0.1) is 0 Å². The zero-order valence-corrected chi connectivity index (χ0v) is 14.4. The molecular formula is C21H18N2OS. The Morgan fingerprint density at radius 1 is 0.960 bits per heavy atom. The van der Waals surface area contributed by atoms with Crippen LogP contribution in [0.5, 0.6) is 5.75 Å². The second kappa shape index (κ2) is 5.76. The number of para-hydroxylation sites is 1. The Bertz CT molecular complexity index is 1020. The van der Waals surface area contributed by atoms with Crippen LogP contribution < -0.4 is 5.32 Å². The number of hydrogen-bond acceptors (Lipinski definition) is 3. The van der Waals surface area contributed by atoms with Crippen LogP contribution in [-0.2, 0) is 0 Å². The van der Waals surface area contributed by atoms with Gasteiger partial charge in [-0.05, 0) is 40.8 Å². The third kappa shape index (κ3) is 2.37. The summed E-state index contributed by atoms with van der Waals surface area (Å²) in [5, 5.41) is 16.8. The van der Waals surface area contributed by atoms with E-state index in [1.54, 1.807) is 12.1 Å². The van der Waals surface area contributed by atoms with Crippen molar-refractivity contribution in [1.29, 1.82) is 0 Å². The van der Waals surface area contributed by atoms with E-state index in [0.29, 0.717) is 11.7 Å². The van der Waals surface area contributed by atoms with Gasteiger partial charge in [-0.1, -0.05) is 36.4 Å². The standard InChI is InChI=1S/C21H18N2OS/c24-14-9-7-13(8-10-14)20-21-19(15-4-1-2-5-17(15)23-21)16(12-22-20)18-6-3-11-25-18/h1-11,16,20,22-24H,12H2/t16-,20-/m1/s1. The van der Waals surface area contributed by atoms with Gasteiger partial charge in [-0.25, -0.2) is 0 Å². The second-order valence-corrected chi connectivity index (χ2v) is 7.48. The van der Waals surface area contributed by atoms with Gasteiger partial charge in [0.15, 0.2) is 0 Å². The average molecular weight is 346 g/mol. The van der Waals surface area contributed by atoms with Crippen molar-refractivity contribution in [3.8, 4) is 5.75 Å². The predicted molar refractivity (Wildman–Crippen MR) is 102 cm³/mol. The molecule has 25 heavy (non-hydrogen) atoms. The molecule has 0 saturated heterocycles. The zero-order valence-electron chi connectivity index (χ0n) is 13.6. The SMILES string of the molecule is Oc1ccc([C@H]2NC[C@H](c3cccs3)c3c2[nH]c2ccccc32)cc1. The molecule has 0 radical (unpaired) electrons. The van der Waals surface area contributed by atoms with Crippen molar-refractivity contribution < 1.29 is 5.11 Å². The molecule has 3 N–H and O–H groups in total. The minimum atomic E-state index is 0.110. The van der Waals surface area contributed by atoms with Gasteiger partial charge in [-0.3, -0.25) is 0 Å². The first kappa shape index (κ1) is 14.8. The maximum atomic E-state index is 9.60. The molecule has 1 aliphatic rings. The van der Waals surface area contributed by atoms with E-state index in [2.05, 4.69) is 52.1 Å². The lowest BCUT2D eigenvalue weighted by Crippen LogP contribution is -2.33. The molecule has 5 rings (SSSR count). The highest BCUT2D eigenvalue weighted by Gasteiger charge is 2.32. The summed E-state index contributed by atoms with van der Waals surface area (Å²) in [6.45, 7) is 0.904. The Balaban J connectivity index is 1.71. The molecule has 1 aliphatic heterocycles. The summed E-state index contributed by atoms with van der Waals surface area (Å²) in [5.41, 5.74) is 4.98. The average Bonchev–Trinajstić information content (AvgIpc) is 3.30. The van der Waals surface area contributed by atoms with E-state index in [9.17, 15) is 5.11 Å². The van der Waals surface area contributed by atoms with Crippen molar-refractivity contribution >= 4 is 22.2 Å². The number of aromatic amines is 1. The molecule has 0 unspecified atom stereocenters. The van der Waals surface area contributed by atoms with Crippen LogP contribution in [0.25, 0.3) is 10.9 Å². The molecule has 0 fully saturated rings. The van der Waals surface area contributed by atoms with Crippen molar-refractivity contribution in [1.82, 2.24) is 10.3 Å². The fourth-order valence-corrected chi connectivity index (χ4v) is 4.75. The minimum Gasteiger partial charge on any atom is -0.508 e. The van der Waals surface area contributed by atoms with Crippen LogP contribution >= 0.6 is 11.3 Å². The Morgan fingerprint density at radius 3 is 2.60 bits per heavy atom. The molecule has 0 aliphatic carbocycles. The van der Waals surface area contributed by atoms with Gasteiger partial charge in [-0.2, -0.15) is 0 Å². The summed E-state index contributed by atoms with van der Waals surface area (Å²) in [7, 11) is 0. The van der Waals surface area contributed by atoms with Gasteiger partial charge in [0, 0.05) is 33.9 Å². The van der Waals surface area contributed by atoms with Crippen molar-refractivity contribution in [2.45, 2.75) is 12.0 Å². The predicted octanol–water partition coefficient (Wildman–Crippen LogP) is 4.76. The fourth-order valence-electron chi connectivity index (χ4n) is 3.91. The van der Waals surface area contributed by atoms with E-state index in [0.717, 1.165) is 12.1 Å². The number of fused-ring (bicyclic) bond motifs is 3. The van der Waals surface area contributed by atoms with E-state index >= 15 is 0 Å². The molecule has 0 bridgehead atoms. The van der Waals surface area contributed by atoms with Crippen LogP contribution in [0.15, 0.2) is 66.0 Å². The normalized spacial score (nSPS) is 19.8. The van der Waals surface area contributed by atoms with Crippen LogP contribution in [0.3, 0.4) is 0 Å². The van der Waals surface area contributed by atoms with Gasteiger partial charge >= 0.3 is 0 Å². The molecule has 2 atom stereocenters. The Kier molecular flexibility index (Phi) is 3.40. The van der Waals surface area contributed by atoms with E-state index in [1.165, 1.54) is 27.0 Å². The number of thiophene rings is 1. The number of rotatable bonds is 2. The van der Waals surface area contributed by atoms with E-state index in [4.69, 9.17) is 0 Å². The van der Waals surface area contributed by atoms with Gasteiger partial charge in [-0.15, -0.1) is 11.3 Å². The first-order valence-corrected chi connectivity index (χ1v) is 9.35. The van der Waals surface area contributed by atoms with E-state index in [1.807, 2.05) is 23.5 Å². The van der Waals surface area contributed by atoms with Crippen molar-refractivity contribution in [2.24, 2.45) is 0 Å². The molecule has 0 amide bonds.